The molecule has 0 radical (unpaired) electrons. The van der Waals surface area contributed by atoms with Crippen LogP contribution in [0.2, 0.25) is 0 Å². The van der Waals surface area contributed by atoms with Gasteiger partial charge in [0.25, 0.3) is 5.91 Å². The Morgan fingerprint density at radius 2 is 2.00 bits per heavy atom. The van der Waals surface area contributed by atoms with Crippen molar-refractivity contribution in [1.29, 1.82) is 0 Å². The minimum absolute atomic E-state index is 0.133. The molecule has 3 rings (SSSR count). The van der Waals surface area contributed by atoms with Gasteiger partial charge in [-0.3, -0.25) is 4.79 Å². The first-order chi connectivity index (χ1) is 10.8. The second-order valence-corrected chi connectivity index (χ2v) is 5.96. The van der Waals surface area contributed by atoms with Gasteiger partial charge in [-0.1, -0.05) is 30.3 Å². The van der Waals surface area contributed by atoms with Crippen molar-refractivity contribution in [1.82, 2.24) is 9.47 Å². The maximum absolute atomic E-state index is 12.7. The number of hydrogen-bond acceptors (Lipinski definition) is 2. The fourth-order valence-electron chi connectivity index (χ4n) is 3.07. The summed E-state index contributed by atoms with van der Waals surface area (Å²) in [5.74, 6) is 0.589. The van der Waals surface area contributed by atoms with E-state index >= 15 is 0 Å². The summed E-state index contributed by atoms with van der Waals surface area (Å²) in [6.07, 6.45) is 3.95. The number of aryl methyl sites for hydroxylation is 2. The Morgan fingerprint density at radius 1 is 1.18 bits per heavy atom. The Bertz CT molecular complexity index is 620. The first-order valence-corrected chi connectivity index (χ1v) is 7.96. The van der Waals surface area contributed by atoms with E-state index in [2.05, 4.69) is 16.7 Å². The van der Waals surface area contributed by atoms with Gasteiger partial charge in [-0.15, -0.1) is 0 Å². The Hall–Kier alpha value is -2.07. The van der Waals surface area contributed by atoms with Crippen molar-refractivity contribution in [3.05, 3.63) is 59.9 Å². The summed E-state index contributed by atoms with van der Waals surface area (Å²) < 4.78 is 2.06. The average Bonchev–Trinajstić information content (AvgIpc) is 3.22. The zero-order chi connectivity index (χ0) is 15.4. The normalized spacial score (nSPS) is 17.9. The van der Waals surface area contributed by atoms with Crippen LogP contribution in [0, 0.1) is 5.92 Å². The predicted octanol–water partition coefficient (Wildman–Crippen LogP) is 2.15. The van der Waals surface area contributed by atoms with Crippen molar-refractivity contribution in [2.75, 3.05) is 19.6 Å². The zero-order valence-corrected chi connectivity index (χ0v) is 12.8. The van der Waals surface area contributed by atoms with Crippen LogP contribution in [-0.4, -0.2) is 35.0 Å². The topological polar surface area (TPSA) is 51.3 Å². The molecular weight excluding hydrogens is 274 g/mol. The molecule has 1 aromatic heterocycles. The number of nitrogens with two attached hydrogens (primary N) is 1. The Morgan fingerprint density at radius 3 is 2.73 bits per heavy atom. The summed E-state index contributed by atoms with van der Waals surface area (Å²) in [5, 5.41) is 0. The SMILES string of the molecule is NCC1CCN(C(=O)c2cccn2CCc2ccccc2)C1. The zero-order valence-electron chi connectivity index (χ0n) is 12.8. The van der Waals surface area contributed by atoms with E-state index in [4.69, 9.17) is 5.73 Å². The largest absolute Gasteiger partial charge is 0.343 e. The minimum atomic E-state index is 0.133. The van der Waals surface area contributed by atoms with Gasteiger partial charge in [-0.2, -0.15) is 0 Å². The molecule has 4 nitrogen and oxygen atoms in total. The number of carbonyl (C=O) groups excluding carboxylic acids is 1. The van der Waals surface area contributed by atoms with Crippen LogP contribution in [0.5, 0.6) is 0 Å². The molecule has 4 heteroatoms. The van der Waals surface area contributed by atoms with Crippen LogP contribution < -0.4 is 5.73 Å². The van der Waals surface area contributed by atoms with Crippen molar-refractivity contribution in [3.8, 4) is 0 Å². The van der Waals surface area contributed by atoms with Crippen LogP contribution in [0.1, 0.15) is 22.5 Å². The summed E-state index contributed by atoms with van der Waals surface area (Å²) in [6.45, 7) is 3.11. The number of rotatable bonds is 5. The molecule has 2 aromatic rings. The summed E-state index contributed by atoms with van der Waals surface area (Å²) in [6, 6.07) is 14.2. The van der Waals surface area contributed by atoms with Gasteiger partial charge >= 0.3 is 0 Å². The lowest BCUT2D eigenvalue weighted by Crippen LogP contribution is -2.31. The molecule has 1 aromatic carbocycles. The highest BCUT2D eigenvalue weighted by Gasteiger charge is 2.27. The van der Waals surface area contributed by atoms with Crippen molar-refractivity contribution in [2.45, 2.75) is 19.4 Å². The second kappa shape index (κ2) is 6.79. The van der Waals surface area contributed by atoms with Crippen LogP contribution in [0.3, 0.4) is 0 Å². The Kier molecular flexibility index (Phi) is 4.59. The second-order valence-electron chi connectivity index (χ2n) is 5.96. The lowest BCUT2D eigenvalue weighted by atomic mass is 10.1. The number of amides is 1. The van der Waals surface area contributed by atoms with Crippen molar-refractivity contribution in [2.24, 2.45) is 11.7 Å². The number of carbonyl (C=O) groups is 1. The third-order valence-corrected chi connectivity index (χ3v) is 4.44. The number of benzene rings is 1. The molecule has 1 unspecified atom stereocenters. The van der Waals surface area contributed by atoms with E-state index in [0.717, 1.165) is 38.2 Å². The Balaban J connectivity index is 1.65. The molecule has 0 aliphatic carbocycles. The quantitative estimate of drug-likeness (QED) is 0.919. The molecule has 2 N–H and O–H groups in total. The third kappa shape index (κ3) is 3.22. The van der Waals surface area contributed by atoms with Crippen LogP contribution >= 0.6 is 0 Å². The van der Waals surface area contributed by atoms with Gasteiger partial charge in [0, 0.05) is 25.8 Å². The van der Waals surface area contributed by atoms with E-state index in [9.17, 15) is 4.79 Å². The first kappa shape index (κ1) is 14.9. The number of aromatic nitrogens is 1. The van der Waals surface area contributed by atoms with Crippen molar-refractivity contribution in [3.63, 3.8) is 0 Å². The van der Waals surface area contributed by atoms with Crippen molar-refractivity contribution >= 4 is 5.91 Å². The first-order valence-electron chi connectivity index (χ1n) is 7.96. The highest BCUT2D eigenvalue weighted by Crippen LogP contribution is 2.18. The molecule has 1 fully saturated rings. The standard InChI is InChI=1S/C18H23N3O/c19-13-16-9-12-21(14-16)18(22)17-7-4-10-20(17)11-8-15-5-2-1-3-6-15/h1-7,10,16H,8-9,11-14,19H2. The predicted molar refractivity (Wildman–Crippen MR) is 87.6 cm³/mol. The molecule has 22 heavy (non-hydrogen) atoms. The lowest BCUT2D eigenvalue weighted by Gasteiger charge is -2.18. The minimum Gasteiger partial charge on any atom is -0.343 e. The van der Waals surface area contributed by atoms with E-state index < -0.39 is 0 Å². The highest BCUT2D eigenvalue weighted by molar-refractivity contribution is 5.93. The molecule has 2 heterocycles. The van der Waals surface area contributed by atoms with Gasteiger partial charge in [0.1, 0.15) is 5.69 Å². The number of hydrogen-bond donors (Lipinski definition) is 1. The molecule has 0 bridgehead atoms. The molecule has 0 spiro atoms. The van der Waals surface area contributed by atoms with Crippen LogP contribution in [-0.2, 0) is 13.0 Å². The Labute approximate surface area is 131 Å². The fraction of sp³-hybridized carbons (Fsp3) is 0.389. The monoisotopic (exact) mass is 297 g/mol. The maximum atomic E-state index is 12.7. The molecule has 1 atom stereocenters. The van der Waals surface area contributed by atoms with Gasteiger partial charge in [0.05, 0.1) is 0 Å². The average molecular weight is 297 g/mol. The summed E-state index contributed by atoms with van der Waals surface area (Å²) >= 11 is 0. The molecule has 0 saturated carbocycles. The van der Waals surface area contributed by atoms with E-state index in [1.54, 1.807) is 0 Å². The lowest BCUT2D eigenvalue weighted by molar-refractivity contribution is 0.0777. The summed E-state index contributed by atoms with van der Waals surface area (Å²) in [5.41, 5.74) is 7.79. The van der Waals surface area contributed by atoms with Gasteiger partial charge in [-0.05, 0) is 43.0 Å². The van der Waals surface area contributed by atoms with Crippen molar-refractivity contribution < 1.29 is 4.79 Å². The third-order valence-electron chi connectivity index (χ3n) is 4.44. The number of likely N-dealkylation sites (tertiary alicyclic amines) is 1. The van der Waals surface area contributed by atoms with E-state index in [0.29, 0.717) is 12.5 Å². The number of nitrogens with zero attached hydrogens (tertiary/aromatic N) is 2. The van der Waals surface area contributed by atoms with Crippen LogP contribution in [0.15, 0.2) is 48.7 Å². The molecular formula is C18H23N3O. The van der Waals surface area contributed by atoms with E-state index in [-0.39, 0.29) is 5.91 Å². The van der Waals surface area contributed by atoms with E-state index in [1.165, 1.54) is 5.56 Å². The molecule has 116 valence electrons. The molecule has 1 aliphatic rings. The summed E-state index contributed by atoms with van der Waals surface area (Å²) in [7, 11) is 0. The van der Waals surface area contributed by atoms with E-state index in [1.807, 2.05) is 41.4 Å². The van der Waals surface area contributed by atoms with Gasteiger partial charge in [-0.25, -0.2) is 0 Å². The van der Waals surface area contributed by atoms with Gasteiger partial charge in [0.15, 0.2) is 0 Å². The highest BCUT2D eigenvalue weighted by atomic mass is 16.2. The summed E-state index contributed by atoms with van der Waals surface area (Å²) in [4.78, 5) is 14.6. The molecule has 1 aliphatic heterocycles. The molecule has 1 saturated heterocycles. The maximum Gasteiger partial charge on any atom is 0.270 e. The van der Waals surface area contributed by atoms with Crippen LogP contribution in [0.4, 0.5) is 0 Å². The molecule has 1 amide bonds. The van der Waals surface area contributed by atoms with Crippen LogP contribution in [0.25, 0.3) is 0 Å². The fourth-order valence-corrected chi connectivity index (χ4v) is 3.07. The van der Waals surface area contributed by atoms with Gasteiger partial charge in [0.2, 0.25) is 0 Å². The smallest absolute Gasteiger partial charge is 0.270 e. The van der Waals surface area contributed by atoms with Gasteiger partial charge < -0.3 is 15.2 Å².